The van der Waals surface area contributed by atoms with Gasteiger partial charge in [-0.1, -0.05) is 13.8 Å². The van der Waals surface area contributed by atoms with Crippen molar-refractivity contribution in [2.45, 2.75) is 20.3 Å². The number of hydrogen-bond donors (Lipinski definition) is 0. The molecule has 0 atom stereocenters. The number of piperazine rings is 1. The number of hydrogen-bond acceptors (Lipinski definition) is 5. The summed E-state index contributed by atoms with van der Waals surface area (Å²) in [4.78, 5) is 15.9. The fourth-order valence-corrected chi connectivity index (χ4v) is 2.60. The average molecular weight is 320 g/mol. The monoisotopic (exact) mass is 320 g/mol. The standard InChI is InChI=1S/C18H28N2O3/c1-15(2)14-23-17-6-4-16(5-7-17)20-12-10-19(11-13-20)9-8-18(21)22-3/h4-7,15H,8-14H2,1-3H3. The van der Waals surface area contributed by atoms with Crippen LogP contribution in [-0.4, -0.2) is 57.3 Å². The van der Waals surface area contributed by atoms with Crippen molar-refractivity contribution in [2.75, 3.05) is 51.3 Å². The Labute approximate surface area is 139 Å². The van der Waals surface area contributed by atoms with Gasteiger partial charge in [0.25, 0.3) is 0 Å². The fraction of sp³-hybridized carbons (Fsp3) is 0.611. The summed E-state index contributed by atoms with van der Waals surface area (Å²) in [5.74, 6) is 1.33. The highest BCUT2D eigenvalue weighted by Crippen LogP contribution is 2.21. The van der Waals surface area contributed by atoms with Crippen LogP contribution in [0.25, 0.3) is 0 Å². The third kappa shape index (κ3) is 5.75. The van der Waals surface area contributed by atoms with Crippen LogP contribution in [0.2, 0.25) is 0 Å². The molecule has 1 aromatic carbocycles. The topological polar surface area (TPSA) is 42.0 Å². The summed E-state index contributed by atoms with van der Waals surface area (Å²) < 4.78 is 10.4. The third-order valence-corrected chi connectivity index (χ3v) is 4.02. The molecule has 0 aliphatic carbocycles. The summed E-state index contributed by atoms with van der Waals surface area (Å²) in [5.41, 5.74) is 1.23. The number of nitrogens with zero attached hydrogens (tertiary/aromatic N) is 2. The molecule has 0 saturated carbocycles. The first-order chi connectivity index (χ1) is 11.1. The van der Waals surface area contributed by atoms with Crippen molar-refractivity contribution >= 4 is 11.7 Å². The van der Waals surface area contributed by atoms with Crippen molar-refractivity contribution in [3.8, 4) is 5.75 Å². The second kappa shape index (κ2) is 8.77. The van der Waals surface area contributed by atoms with Crippen molar-refractivity contribution in [2.24, 2.45) is 5.92 Å². The summed E-state index contributed by atoms with van der Waals surface area (Å²) in [6.45, 7) is 9.73. The highest BCUT2D eigenvalue weighted by Gasteiger charge is 2.17. The van der Waals surface area contributed by atoms with Crippen LogP contribution in [0.4, 0.5) is 5.69 Å². The van der Waals surface area contributed by atoms with E-state index in [9.17, 15) is 4.79 Å². The molecule has 0 amide bonds. The van der Waals surface area contributed by atoms with Gasteiger partial charge in [0.15, 0.2) is 0 Å². The zero-order valence-electron chi connectivity index (χ0n) is 14.5. The Balaban J connectivity index is 1.77. The van der Waals surface area contributed by atoms with Crippen LogP contribution in [0.15, 0.2) is 24.3 Å². The minimum absolute atomic E-state index is 0.135. The Morgan fingerprint density at radius 3 is 2.35 bits per heavy atom. The van der Waals surface area contributed by atoms with E-state index < -0.39 is 0 Å². The van der Waals surface area contributed by atoms with Gasteiger partial charge in [0.2, 0.25) is 0 Å². The second-order valence-electron chi connectivity index (χ2n) is 6.35. The Hall–Kier alpha value is -1.75. The lowest BCUT2D eigenvalue weighted by molar-refractivity contribution is -0.141. The molecule has 0 radical (unpaired) electrons. The van der Waals surface area contributed by atoms with E-state index in [4.69, 9.17) is 4.74 Å². The molecule has 1 heterocycles. The van der Waals surface area contributed by atoms with Gasteiger partial charge < -0.3 is 14.4 Å². The van der Waals surface area contributed by atoms with Crippen LogP contribution < -0.4 is 9.64 Å². The van der Waals surface area contributed by atoms with Gasteiger partial charge in [-0.2, -0.15) is 0 Å². The maximum absolute atomic E-state index is 11.2. The summed E-state index contributed by atoms with van der Waals surface area (Å²) in [6, 6.07) is 8.34. The van der Waals surface area contributed by atoms with E-state index in [0.717, 1.165) is 45.1 Å². The molecule has 0 aromatic heterocycles. The van der Waals surface area contributed by atoms with Crippen LogP contribution >= 0.6 is 0 Å². The van der Waals surface area contributed by atoms with E-state index >= 15 is 0 Å². The Morgan fingerprint density at radius 1 is 1.13 bits per heavy atom. The number of esters is 1. The molecule has 23 heavy (non-hydrogen) atoms. The zero-order valence-corrected chi connectivity index (χ0v) is 14.5. The molecule has 1 aliphatic rings. The number of methoxy groups -OCH3 is 1. The van der Waals surface area contributed by atoms with Gasteiger partial charge in [-0.3, -0.25) is 9.69 Å². The highest BCUT2D eigenvalue weighted by atomic mass is 16.5. The van der Waals surface area contributed by atoms with Crippen molar-refractivity contribution in [3.63, 3.8) is 0 Å². The fourth-order valence-electron chi connectivity index (χ4n) is 2.60. The van der Waals surface area contributed by atoms with Crippen molar-refractivity contribution in [3.05, 3.63) is 24.3 Å². The molecule has 5 heteroatoms. The molecule has 2 rings (SSSR count). The quantitative estimate of drug-likeness (QED) is 0.722. The van der Waals surface area contributed by atoms with Crippen LogP contribution in [0.5, 0.6) is 5.75 Å². The molecule has 0 unspecified atom stereocenters. The number of carbonyl (C=O) groups is 1. The lowest BCUT2D eigenvalue weighted by Crippen LogP contribution is -2.46. The minimum atomic E-state index is -0.135. The van der Waals surface area contributed by atoms with Crippen LogP contribution in [0.3, 0.4) is 0 Å². The predicted molar refractivity (Wildman–Crippen MR) is 92.1 cm³/mol. The molecule has 5 nitrogen and oxygen atoms in total. The number of anilines is 1. The Kier molecular flexibility index (Phi) is 6.71. The first kappa shape index (κ1) is 17.6. The average Bonchev–Trinajstić information content (AvgIpc) is 2.58. The summed E-state index contributed by atoms with van der Waals surface area (Å²) in [6.07, 6.45) is 0.471. The van der Waals surface area contributed by atoms with Gasteiger partial charge in [-0.15, -0.1) is 0 Å². The molecule has 0 bridgehead atoms. The molecule has 128 valence electrons. The number of carbonyl (C=O) groups excluding carboxylic acids is 1. The van der Waals surface area contributed by atoms with E-state index in [0.29, 0.717) is 12.3 Å². The first-order valence-electron chi connectivity index (χ1n) is 8.35. The van der Waals surface area contributed by atoms with E-state index in [1.165, 1.54) is 12.8 Å². The van der Waals surface area contributed by atoms with Gasteiger partial charge in [0.1, 0.15) is 5.75 Å². The predicted octanol–water partition coefficient (Wildman–Crippen LogP) is 2.41. The van der Waals surface area contributed by atoms with Gasteiger partial charge >= 0.3 is 5.97 Å². The number of benzene rings is 1. The molecule has 1 aromatic rings. The van der Waals surface area contributed by atoms with Gasteiger partial charge in [-0.25, -0.2) is 0 Å². The van der Waals surface area contributed by atoms with Crippen molar-refractivity contribution < 1.29 is 14.3 Å². The van der Waals surface area contributed by atoms with Crippen LogP contribution in [0.1, 0.15) is 20.3 Å². The summed E-state index contributed by atoms with van der Waals surface area (Å²) >= 11 is 0. The van der Waals surface area contributed by atoms with Crippen LogP contribution in [0, 0.1) is 5.92 Å². The maximum atomic E-state index is 11.2. The van der Waals surface area contributed by atoms with E-state index in [2.05, 4.69) is 40.5 Å². The molecular formula is C18H28N2O3. The molecule has 1 aliphatic heterocycles. The van der Waals surface area contributed by atoms with Gasteiger partial charge in [0, 0.05) is 38.4 Å². The van der Waals surface area contributed by atoms with Crippen molar-refractivity contribution in [1.82, 2.24) is 4.90 Å². The molecule has 0 N–H and O–H groups in total. The molecule has 1 saturated heterocycles. The first-order valence-corrected chi connectivity index (χ1v) is 8.35. The smallest absolute Gasteiger partial charge is 0.306 e. The number of rotatable bonds is 7. The lowest BCUT2D eigenvalue weighted by atomic mass is 10.2. The van der Waals surface area contributed by atoms with Crippen molar-refractivity contribution in [1.29, 1.82) is 0 Å². The maximum Gasteiger partial charge on any atom is 0.306 e. The number of ether oxygens (including phenoxy) is 2. The SMILES string of the molecule is COC(=O)CCN1CCN(c2ccc(OCC(C)C)cc2)CC1. The largest absolute Gasteiger partial charge is 0.493 e. The van der Waals surface area contributed by atoms with Gasteiger partial charge in [0.05, 0.1) is 20.1 Å². The zero-order chi connectivity index (χ0) is 16.7. The Bertz CT molecular complexity index is 480. The normalized spacial score (nSPS) is 15.7. The minimum Gasteiger partial charge on any atom is -0.493 e. The lowest BCUT2D eigenvalue weighted by Gasteiger charge is -2.36. The Morgan fingerprint density at radius 2 is 1.78 bits per heavy atom. The third-order valence-electron chi connectivity index (χ3n) is 4.02. The van der Waals surface area contributed by atoms with E-state index in [1.54, 1.807) is 0 Å². The van der Waals surface area contributed by atoms with E-state index in [-0.39, 0.29) is 5.97 Å². The molecule has 1 fully saturated rings. The molecule has 0 spiro atoms. The second-order valence-corrected chi connectivity index (χ2v) is 6.35. The summed E-state index contributed by atoms with van der Waals surface area (Å²) in [7, 11) is 1.44. The van der Waals surface area contributed by atoms with Crippen LogP contribution in [-0.2, 0) is 9.53 Å². The van der Waals surface area contributed by atoms with E-state index in [1.807, 2.05) is 12.1 Å². The van der Waals surface area contributed by atoms with Gasteiger partial charge in [-0.05, 0) is 30.2 Å². The summed E-state index contributed by atoms with van der Waals surface area (Å²) in [5, 5.41) is 0. The molecular weight excluding hydrogens is 292 g/mol. The highest BCUT2D eigenvalue weighted by molar-refractivity contribution is 5.69.